The SMILES string of the molecule is Cc1ccc(F)c(C(N)c2ccc(F)c(Br)c2)c1F. The summed E-state index contributed by atoms with van der Waals surface area (Å²) in [5.41, 5.74) is 6.41. The lowest BCUT2D eigenvalue weighted by atomic mass is 9.97. The van der Waals surface area contributed by atoms with Crippen molar-refractivity contribution in [2.75, 3.05) is 0 Å². The minimum Gasteiger partial charge on any atom is -0.320 e. The second-order valence-electron chi connectivity index (χ2n) is 4.24. The highest BCUT2D eigenvalue weighted by molar-refractivity contribution is 9.10. The molecule has 0 aromatic heterocycles. The molecule has 0 spiro atoms. The van der Waals surface area contributed by atoms with E-state index in [0.29, 0.717) is 11.1 Å². The Hall–Kier alpha value is -1.33. The smallest absolute Gasteiger partial charge is 0.137 e. The highest BCUT2D eigenvalue weighted by Crippen LogP contribution is 2.29. The molecule has 0 fully saturated rings. The van der Waals surface area contributed by atoms with Crippen molar-refractivity contribution in [3.8, 4) is 0 Å². The van der Waals surface area contributed by atoms with Crippen molar-refractivity contribution in [1.29, 1.82) is 0 Å². The molecule has 0 saturated heterocycles. The average Bonchev–Trinajstić information content (AvgIpc) is 2.37. The number of nitrogens with two attached hydrogens (primary N) is 1. The topological polar surface area (TPSA) is 26.0 Å². The lowest BCUT2D eigenvalue weighted by molar-refractivity contribution is 0.537. The minimum absolute atomic E-state index is 0.203. The molecular formula is C14H11BrF3N. The van der Waals surface area contributed by atoms with Crippen LogP contribution >= 0.6 is 15.9 Å². The van der Waals surface area contributed by atoms with Crippen molar-refractivity contribution < 1.29 is 13.2 Å². The van der Waals surface area contributed by atoms with E-state index in [-0.39, 0.29) is 10.0 Å². The number of benzene rings is 2. The van der Waals surface area contributed by atoms with Gasteiger partial charge in [0.1, 0.15) is 17.5 Å². The summed E-state index contributed by atoms with van der Waals surface area (Å²) in [6, 6.07) is 5.56. The van der Waals surface area contributed by atoms with Crippen LogP contribution in [0.3, 0.4) is 0 Å². The standard InChI is InChI=1S/C14H11BrF3N/c1-7-2-4-11(17)12(13(7)18)14(19)8-3-5-10(16)9(15)6-8/h2-6,14H,19H2,1H3. The molecular weight excluding hydrogens is 319 g/mol. The second kappa shape index (κ2) is 5.35. The summed E-state index contributed by atoms with van der Waals surface area (Å²) >= 11 is 3.02. The zero-order valence-corrected chi connectivity index (χ0v) is 11.6. The van der Waals surface area contributed by atoms with Gasteiger partial charge in [0.25, 0.3) is 0 Å². The van der Waals surface area contributed by atoms with Crippen molar-refractivity contribution in [1.82, 2.24) is 0 Å². The van der Waals surface area contributed by atoms with Crippen molar-refractivity contribution >= 4 is 15.9 Å². The zero-order valence-electron chi connectivity index (χ0n) is 10.1. The maximum Gasteiger partial charge on any atom is 0.137 e. The van der Waals surface area contributed by atoms with Crippen molar-refractivity contribution in [3.05, 3.63) is 68.9 Å². The van der Waals surface area contributed by atoms with E-state index in [2.05, 4.69) is 15.9 Å². The molecule has 2 aromatic rings. The Kier molecular flexibility index (Phi) is 3.96. The molecule has 0 aliphatic carbocycles. The highest BCUT2D eigenvalue weighted by Gasteiger charge is 2.20. The number of rotatable bonds is 2. The van der Waals surface area contributed by atoms with Crippen LogP contribution < -0.4 is 5.73 Å². The lowest BCUT2D eigenvalue weighted by Crippen LogP contribution is -2.16. The Labute approximate surface area is 117 Å². The van der Waals surface area contributed by atoms with Crippen LogP contribution in [0, 0.1) is 24.4 Å². The van der Waals surface area contributed by atoms with Gasteiger partial charge < -0.3 is 5.73 Å². The van der Waals surface area contributed by atoms with Gasteiger partial charge in [-0.15, -0.1) is 0 Å². The van der Waals surface area contributed by atoms with Crippen LogP contribution in [0.2, 0.25) is 0 Å². The van der Waals surface area contributed by atoms with E-state index in [1.807, 2.05) is 0 Å². The Bertz CT molecular complexity index is 628. The van der Waals surface area contributed by atoms with Crippen LogP contribution in [0.4, 0.5) is 13.2 Å². The van der Waals surface area contributed by atoms with Crippen LogP contribution in [-0.2, 0) is 0 Å². The minimum atomic E-state index is -0.989. The van der Waals surface area contributed by atoms with Gasteiger partial charge in [-0.1, -0.05) is 12.1 Å². The normalized spacial score (nSPS) is 12.5. The van der Waals surface area contributed by atoms with Gasteiger partial charge in [0, 0.05) is 5.56 Å². The number of halogens is 4. The van der Waals surface area contributed by atoms with Gasteiger partial charge in [-0.25, -0.2) is 13.2 Å². The van der Waals surface area contributed by atoms with E-state index >= 15 is 0 Å². The van der Waals surface area contributed by atoms with Crippen LogP contribution in [0.5, 0.6) is 0 Å². The summed E-state index contributed by atoms with van der Waals surface area (Å²) in [4.78, 5) is 0. The van der Waals surface area contributed by atoms with Crippen LogP contribution in [0.25, 0.3) is 0 Å². The summed E-state index contributed by atoms with van der Waals surface area (Å²) < 4.78 is 41.1. The largest absolute Gasteiger partial charge is 0.320 e. The summed E-state index contributed by atoms with van der Waals surface area (Å²) in [6.45, 7) is 1.53. The van der Waals surface area contributed by atoms with Gasteiger partial charge in [-0.05, 0) is 52.2 Å². The average molecular weight is 330 g/mol. The van der Waals surface area contributed by atoms with Crippen molar-refractivity contribution in [2.24, 2.45) is 5.73 Å². The fraction of sp³-hybridized carbons (Fsp3) is 0.143. The molecule has 2 N–H and O–H groups in total. The predicted octanol–water partition coefficient (Wildman–Crippen LogP) is 4.22. The first-order valence-electron chi connectivity index (χ1n) is 5.57. The third kappa shape index (κ3) is 2.67. The molecule has 0 aliphatic heterocycles. The fourth-order valence-electron chi connectivity index (χ4n) is 1.84. The molecule has 0 radical (unpaired) electrons. The molecule has 0 bridgehead atoms. The van der Waals surface area contributed by atoms with E-state index in [0.717, 1.165) is 0 Å². The molecule has 0 saturated carbocycles. The monoisotopic (exact) mass is 329 g/mol. The van der Waals surface area contributed by atoms with E-state index in [4.69, 9.17) is 5.73 Å². The first-order chi connectivity index (χ1) is 8.91. The molecule has 1 nitrogen and oxygen atoms in total. The maximum atomic E-state index is 14.0. The van der Waals surface area contributed by atoms with Crippen molar-refractivity contribution in [3.63, 3.8) is 0 Å². The number of aryl methyl sites for hydroxylation is 1. The van der Waals surface area contributed by atoms with Gasteiger partial charge in [0.15, 0.2) is 0 Å². The van der Waals surface area contributed by atoms with Gasteiger partial charge in [0.2, 0.25) is 0 Å². The lowest BCUT2D eigenvalue weighted by Gasteiger charge is -2.16. The third-order valence-corrected chi connectivity index (χ3v) is 3.54. The summed E-state index contributed by atoms with van der Waals surface area (Å²) in [5.74, 6) is -1.84. The quantitative estimate of drug-likeness (QED) is 0.876. The van der Waals surface area contributed by atoms with E-state index in [1.54, 1.807) is 0 Å². The highest BCUT2D eigenvalue weighted by atomic mass is 79.9. The molecule has 0 aliphatic rings. The van der Waals surface area contributed by atoms with Gasteiger partial charge in [-0.2, -0.15) is 0 Å². The summed E-state index contributed by atoms with van der Waals surface area (Å²) in [7, 11) is 0. The Morgan fingerprint density at radius 2 is 1.68 bits per heavy atom. The van der Waals surface area contributed by atoms with E-state index < -0.39 is 23.5 Å². The molecule has 2 aromatic carbocycles. The molecule has 100 valence electrons. The second-order valence-corrected chi connectivity index (χ2v) is 5.10. The molecule has 19 heavy (non-hydrogen) atoms. The summed E-state index contributed by atoms with van der Waals surface area (Å²) in [6.07, 6.45) is 0. The molecule has 0 heterocycles. The Morgan fingerprint density at radius 3 is 2.32 bits per heavy atom. The van der Waals surface area contributed by atoms with Crippen LogP contribution in [0.1, 0.15) is 22.7 Å². The third-order valence-electron chi connectivity index (χ3n) is 2.93. The molecule has 1 unspecified atom stereocenters. The fourth-order valence-corrected chi connectivity index (χ4v) is 2.23. The van der Waals surface area contributed by atoms with Crippen molar-refractivity contribution in [2.45, 2.75) is 13.0 Å². The van der Waals surface area contributed by atoms with Crippen LogP contribution in [0.15, 0.2) is 34.8 Å². The maximum absolute atomic E-state index is 14.0. The number of hydrogen-bond donors (Lipinski definition) is 1. The van der Waals surface area contributed by atoms with Gasteiger partial charge >= 0.3 is 0 Å². The predicted molar refractivity (Wildman–Crippen MR) is 71.2 cm³/mol. The Balaban J connectivity index is 2.52. The first kappa shape index (κ1) is 14.1. The van der Waals surface area contributed by atoms with E-state index in [9.17, 15) is 13.2 Å². The molecule has 2 rings (SSSR count). The molecule has 0 amide bonds. The number of hydrogen-bond acceptors (Lipinski definition) is 1. The Morgan fingerprint density at radius 1 is 1.05 bits per heavy atom. The molecule has 1 atom stereocenters. The van der Waals surface area contributed by atoms with Gasteiger partial charge in [0.05, 0.1) is 10.5 Å². The first-order valence-corrected chi connectivity index (χ1v) is 6.36. The summed E-state index contributed by atoms with van der Waals surface area (Å²) in [5, 5.41) is 0. The van der Waals surface area contributed by atoms with E-state index in [1.165, 1.54) is 37.3 Å². The molecule has 5 heteroatoms. The van der Waals surface area contributed by atoms with Crippen LogP contribution in [-0.4, -0.2) is 0 Å². The zero-order chi connectivity index (χ0) is 14.2. The van der Waals surface area contributed by atoms with Gasteiger partial charge in [-0.3, -0.25) is 0 Å².